The van der Waals surface area contributed by atoms with Gasteiger partial charge in [0.25, 0.3) is 23.4 Å². The number of carbonyl (C=O) groups excluding carboxylic acids is 5. The van der Waals surface area contributed by atoms with E-state index in [1.807, 2.05) is 27.7 Å². The Morgan fingerprint density at radius 3 is 2.32 bits per heavy atom. The fraction of sp³-hybridized carbons (Fsp3) is 0.792. The largest absolute Gasteiger partial charge is 0.356 e. The Labute approximate surface area is 221 Å². The van der Waals surface area contributed by atoms with E-state index in [9.17, 15) is 32.8 Å². The molecule has 2 saturated heterocycles. The first kappa shape index (κ1) is 30.7. The van der Waals surface area contributed by atoms with E-state index in [0.29, 0.717) is 30.8 Å². The summed E-state index contributed by atoms with van der Waals surface area (Å²) in [7, 11) is 0. The Kier molecular flexibility index (Phi) is 10.7. The molecule has 0 aliphatic carbocycles. The molecule has 5 atom stereocenters. The van der Waals surface area contributed by atoms with E-state index < -0.39 is 58.8 Å². The van der Waals surface area contributed by atoms with Gasteiger partial charge in [-0.3, -0.25) is 29.4 Å². The molecule has 2 fully saturated rings. The van der Waals surface area contributed by atoms with Gasteiger partial charge in [0.05, 0.1) is 12.5 Å². The van der Waals surface area contributed by atoms with Crippen molar-refractivity contribution in [2.24, 2.45) is 17.3 Å². The molecule has 0 spiro atoms. The quantitative estimate of drug-likeness (QED) is 0.280. The maximum atomic E-state index is 13.7. The van der Waals surface area contributed by atoms with Gasteiger partial charge in [-0.2, -0.15) is 0 Å². The zero-order chi connectivity index (χ0) is 28.1. The monoisotopic (exact) mass is 549 g/mol. The molecule has 3 N–H and O–H groups in total. The Morgan fingerprint density at radius 1 is 1.22 bits per heavy atom. The number of nitrogens with one attached hydrogen (secondary N) is 3. The zero-order valence-electron chi connectivity index (χ0n) is 22.0. The van der Waals surface area contributed by atoms with Crippen LogP contribution in [0.4, 0.5) is 8.78 Å². The number of amides is 5. The third-order valence-electron chi connectivity index (χ3n) is 7.02. The van der Waals surface area contributed by atoms with Crippen LogP contribution in [0.15, 0.2) is 0 Å². The summed E-state index contributed by atoms with van der Waals surface area (Å²) in [4.78, 5) is 65.0. The molecule has 0 bridgehead atoms. The topological polar surface area (TPSA) is 128 Å². The Bertz CT molecular complexity index is 884. The predicted molar refractivity (Wildman–Crippen MR) is 132 cm³/mol. The second-order valence-electron chi connectivity index (χ2n) is 10.5. The minimum absolute atomic E-state index is 0.168. The fourth-order valence-corrected chi connectivity index (χ4v) is 5.00. The molecular weight excluding hydrogens is 512 g/mol. The summed E-state index contributed by atoms with van der Waals surface area (Å²) in [5, 5.41) is 5.80. The molecule has 2 heterocycles. The molecule has 2 rings (SSSR count). The van der Waals surface area contributed by atoms with E-state index >= 15 is 0 Å². The lowest BCUT2D eigenvalue weighted by Gasteiger charge is -2.34. The maximum absolute atomic E-state index is 13.7. The summed E-state index contributed by atoms with van der Waals surface area (Å²) in [6, 6.07) is -2.11. The van der Waals surface area contributed by atoms with E-state index in [4.69, 9.17) is 11.6 Å². The van der Waals surface area contributed by atoms with Gasteiger partial charge >= 0.3 is 0 Å². The van der Waals surface area contributed by atoms with Crippen LogP contribution in [0.2, 0.25) is 0 Å². The van der Waals surface area contributed by atoms with Crippen molar-refractivity contribution in [3.05, 3.63) is 0 Å². The van der Waals surface area contributed by atoms with Crippen LogP contribution < -0.4 is 16.1 Å². The van der Waals surface area contributed by atoms with Gasteiger partial charge in [-0.15, -0.1) is 0 Å². The van der Waals surface area contributed by atoms with E-state index in [1.165, 1.54) is 4.90 Å². The van der Waals surface area contributed by atoms with Crippen LogP contribution in [-0.2, 0) is 24.0 Å². The van der Waals surface area contributed by atoms with Gasteiger partial charge in [-0.25, -0.2) is 13.8 Å². The van der Waals surface area contributed by atoms with Gasteiger partial charge < -0.3 is 15.5 Å². The minimum Gasteiger partial charge on any atom is -0.356 e. The molecule has 0 aromatic carbocycles. The molecular formula is C24H38ClF2N5O5. The van der Waals surface area contributed by atoms with Crippen LogP contribution in [0.3, 0.4) is 0 Å². The van der Waals surface area contributed by atoms with Gasteiger partial charge in [0, 0.05) is 13.1 Å². The molecule has 0 aromatic rings. The summed E-state index contributed by atoms with van der Waals surface area (Å²) < 4.78 is 27.4. The zero-order valence-corrected chi connectivity index (χ0v) is 22.7. The lowest BCUT2D eigenvalue weighted by molar-refractivity contribution is -0.149. The number of rotatable bonds is 10. The van der Waals surface area contributed by atoms with E-state index in [0.717, 1.165) is 6.92 Å². The first-order chi connectivity index (χ1) is 17.2. The molecule has 1 unspecified atom stereocenters. The van der Waals surface area contributed by atoms with Crippen molar-refractivity contribution < 1.29 is 32.8 Å². The standard InChI is InChI=1S/C24H38ClF2N5O5/c1-6-14(7-2)17(29-19(33)13(3)26)22(36)31-12-24(4,5)10-16(31)21(35)30-32(23(37)18(25)27)11-15-8-9-28-20(15)34/h13-18H,6-12H2,1-5H3,(H,28,34)(H,29,33)(H,30,35)/t13?,15-,16-,17-,18-/m0/s1. The van der Waals surface area contributed by atoms with E-state index in [-0.39, 0.29) is 31.3 Å². The first-order valence-electron chi connectivity index (χ1n) is 12.6. The van der Waals surface area contributed by atoms with E-state index in [1.54, 1.807) is 0 Å². The first-order valence-corrected chi connectivity index (χ1v) is 13.1. The number of nitrogens with zero attached hydrogens (tertiary/aromatic N) is 2. The van der Waals surface area contributed by atoms with Crippen LogP contribution in [0.5, 0.6) is 0 Å². The van der Waals surface area contributed by atoms with Crippen molar-refractivity contribution in [2.45, 2.75) is 84.2 Å². The second-order valence-corrected chi connectivity index (χ2v) is 10.9. The molecule has 2 aliphatic rings. The van der Waals surface area contributed by atoms with Gasteiger partial charge in [-0.05, 0) is 31.1 Å². The molecule has 5 amide bonds. The normalized spacial score (nSPS) is 23.3. The second kappa shape index (κ2) is 12.8. The number of halogens is 3. The van der Waals surface area contributed by atoms with Gasteiger partial charge in [0.1, 0.15) is 12.1 Å². The summed E-state index contributed by atoms with van der Waals surface area (Å²) in [6.07, 6.45) is -0.152. The highest BCUT2D eigenvalue weighted by Crippen LogP contribution is 2.35. The van der Waals surface area contributed by atoms with Crippen molar-refractivity contribution >= 4 is 41.1 Å². The molecule has 210 valence electrons. The van der Waals surface area contributed by atoms with Crippen molar-refractivity contribution in [3.8, 4) is 0 Å². The van der Waals surface area contributed by atoms with Crippen molar-refractivity contribution in [1.82, 2.24) is 26.0 Å². The van der Waals surface area contributed by atoms with Crippen LogP contribution in [0.25, 0.3) is 0 Å². The molecule has 2 aliphatic heterocycles. The SMILES string of the molecule is CCC(CC)[C@H](NC(=O)C(C)F)C(=O)N1CC(C)(C)C[C@H]1C(=O)NN(C[C@@H]1CCNC1=O)C(=O)[C@H](F)Cl. The minimum atomic E-state index is -2.44. The van der Waals surface area contributed by atoms with Gasteiger partial charge in [-0.1, -0.05) is 52.1 Å². The maximum Gasteiger partial charge on any atom is 0.291 e. The number of carbonyl (C=O) groups is 5. The Balaban J connectivity index is 2.31. The number of hydrogen-bond donors (Lipinski definition) is 3. The van der Waals surface area contributed by atoms with Gasteiger partial charge in [0.2, 0.25) is 11.8 Å². The lowest BCUT2D eigenvalue weighted by atomic mass is 9.90. The Hall–Kier alpha value is -2.50. The highest BCUT2D eigenvalue weighted by Gasteiger charge is 2.47. The summed E-state index contributed by atoms with van der Waals surface area (Å²) in [5.41, 5.74) is -0.577. The average Bonchev–Trinajstić information content (AvgIpc) is 3.38. The molecule has 0 saturated carbocycles. The summed E-state index contributed by atoms with van der Waals surface area (Å²) in [6.45, 7) is 8.76. The summed E-state index contributed by atoms with van der Waals surface area (Å²) >= 11 is 5.35. The van der Waals surface area contributed by atoms with Gasteiger partial charge in [0.15, 0.2) is 6.17 Å². The molecule has 0 aromatic heterocycles. The van der Waals surface area contributed by atoms with Crippen molar-refractivity contribution in [3.63, 3.8) is 0 Å². The average molecular weight is 550 g/mol. The molecule has 10 nitrogen and oxygen atoms in total. The number of hydrogen-bond acceptors (Lipinski definition) is 5. The van der Waals surface area contributed by atoms with Crippen LogP contribution in [-0.4, -0.2) is 83.0 Å². The van der Waals surface area contributed by atoms with Crippen LogP contribution >= 0.6 is 11.6 Å². The smallest absolute Gasteiger partial charge is 0.291 e. The molecule has 13 heteroatoms. The Morgan fingerprint density at radius 2 is 1.84 bits per heavy atom. The van der Waals surface area contributed by atoms with Crippen LogP contribution in [0, 0.1) is 17.3 Å². The highest BCUT2D eigenvalue weighted by atomic mass is 35.5. The third-order valence-corrected chi connectivity index (χ3v) is 7.20. The summed E-state index contributed by atoms with van der Waals surface area (Å²) in [5.74, 6) is -4.74. The fourth-order valence-electron chi connectivity index (χ4n) is 4.88. The number of likely N-dealkylation sites (tertiary alicyclic amines) is 1. The molecule has 0 radical (unpaired) electrons. The molecule has 37 heavy (non-hydrogen) atoms. The predicted octanol–water partition coefficient (Wildman–Crippen LogP) is 1.42. The number of alkyl halides is 3. The van der Waals surface area contributed by atoms with E-state index in [2.05, 4.69) is 16.1 Å². The highest BCUT2D eigenvalue weighted by molar-refractivity contribution is 6.29. The van der Waals surface area contributed by atoms with Crippen molar-refractivity contribution in [2.75, 3.05) is 19.6 Å². The number of hydrazine groups is 1. The third kappa shape index (κ3) is 7.75. The van der Waals surface area contributed by atoms with Crippen LogP contribution in [0.1, 0.15) is 60.3 Å². The lowest BCUT2D eigenvalue weighted by Crippen LogP contribution is -2.59. The van der Waals surface area contributed by atoms with Crippen molar-refractivity contribution in [1.29, 1.82) is 0 Å².